The molecule has 0 aliphatic carbocycles. The summed E-state index contributed by atoms with van der Waals surface area (Å²) in [6, 6.07) is 83.0. The van der Waals surface area contributed by atoms with Crippen molar-refractivity contribution in [3.63, 3.8) is 0 Å². The summed E-state index contributed by atoms with van der Waals surface area (Å²) in [5.74, 6) is 3.68. The first-order chi connectivity index (χ1) is 32.7. The third kappa shape index (κ3) is 8.30. The number of hydrogen-bond acceptors (Lipinski definition) is 6. The second-order valence-corrected chi connectivity index (χ2v) is 15.9. The highest BCUT2D eigenvalue weighted by molar-refractivity contribution is 5.85. The maximum absolute atomic E-state index is 5.24. The molecule has 2 aromatic heterocycles. The van der Waals surface area contributed by atoms with Crippen LogP contribution < -0.4 is 0 Å². The van der Waals surface area contributed by atoms with Crippen LogP contribution in [0.15, 0.2) is 243 Å². The quantitative estimate of drug-likeness (QED) is 0.136. The van der Waals surface area contributed by atoms with Gasteiger partial charge in [-0.05, 0) is 62.7 Å². The summed E-state index contributed by atoms with van der Waals surface area (Å²) in [5, 5.41) is 0. The number of hydrogen-bond donors (Lipinski definition) is 0. The third-order valence-electron chi connectivity index (χ3n) is 11.6. The Kier molecular flexibility index (Phi) is 10.9. The van der Waals surface area contributed by atoms with Crippen molar-refractivity contribution < 1.29 is 0 Å². The summed E-state index contributed by atoms with van der Waals surface area (Å²) in [6.07, 6.45) is 0. The molecule has 66 heavy (non-hydrogen) atoms. The SMILES string of the molecule is c1ccc(-c2nc(-c3ccccc3)nc(-c3cccc(-c4cccc(-c5cccc(-c6nc(-c7ccccc7-c7ccccc7)nc(-c7ccccc7-c7ccccc7)n6)c5)c4)c3)n2)cc1. The first-order valence-electron chi connectivity index (χ1n) is 21.9. The maximum atomic E-state index is 5.24. The Hall–Kier alpha value is -9.00. The van der Waals surface area contributed by atoms with Crippen LogP contribution in [0.1, 0.15) is 0 Å². The summed E-state index contributed by atoms with van der Waals surface area (Å²) >= 11 is 0. The molecule has 0 radical (unpaired) electrons. The van der Waals surface area contributed by atoms with Crippen molar-refractivity contribution in [1.29, 1.82) is 0 Å². The summed E-state index contributed by atoms with van der Waals surface area (Å²) in [4.78, 5) is 30.6. The molecule has 0 aliphatic heterocycles. The highest BCUT2D eigenvalue weighted by atomic mass is 15.0. The monoisotopic (exact) mass is 844 g/mol. The minimum absolute atomic E-state index is 0.591. The van der Waals surface area contributed by atoms with Gasteiger partial charge in [0.15, 0.2) is 34.9 Å². The van der Waals surface area contributed by atoms with Crippen molar-refractivity contribution in [2.24, 2.45) is 0 Å². The Balaban J connectivity index is 0.988. The van der Waals surface area contributed by atoms with E-state index in [0.29, 0.717) is 34.9 Å². The van der Waals surface area contributed by atoms with Gasteiger partial charge in [0.2, 0.25) is 0 Å². The van der Waals surface area contributed by atoms with E-state index in [-0.39, 0.29) is 0 Å². The minimum atomic E-state index is 0.591. The molecule has 9 aromatic carbocycles. The average Bonchev–Trinajstić information content (AvgIpc) is 3.41. The fourth-order valence-corrected chi connectivity index (χ4v) is 8.33. The Bertz CT molecular complexity index is 3310. The van der Waals surface area contributed by atoms with Crippen molar-refractivity contribution in [1.82, 2.24) is 29.9 Å². The maximum Gasteiger partial charge on any atom is 0.164 e. The molecule has 0 saturated carbocycles. The van der Waals surface area contributed by atoms with Gasteiger partial charge in [0, 0.05) is 33.4 Å². The van der Waals surface area contributed by atoms with Gasteiger partial charge in [-0.25, -0.2) is 29.9 Å². The molecule has 310 valence electrons. The largest absolute Gasteiger partial charge is 0.208 e. The highest BCUT2D eigenvalue weighted by Crippen LogP contribution is 2.37. The molecule has 0 spiro atoms. The topological polar surface area (TPSA) is 77.3 Å². The van der Waals surface area contributed by atoms with Crippen LogP contribution in [0, 0.1) is 0 Å². The van der Waals surface area contributed by atoms with Crippen LogP contribution in [0.3, 0.4) is 0 Å². The molecule has 0 fully saturated rings. The lowest BCUT2D eigenvalue weighted by molar-refractivity contribution is 1.07. The Morgan fingerprint density at radius 2 is 0.379 bits per heavy atom. The van der Waals surface area contributed by atoms with E-state index in [1.54, 1.807) is 0 Å². The number of benzene rings is 9. The van der Waals surface area contributed by atoms with Crippen LogP contribution in [0.5, 0.6) is 0 Å². The third-order valence-corrected chi connectivity index (χ3v) is 11.6. The normalized spacial score (nSPS) is 11.0. The molecule has 0 N–H and O–H groups in total. The summed E-state index contributed by atoms with van der Waals surface area (Å²) in [6.45, 7) is 0. The molecule has 11 rings (SSSR count). The Morgan fingerprint density at radius 1 is 0.152 bits per heavy atom. The molecule has 0 atom stereocenters. The van der Waals surface area contributed by atoms with Crippen LogP contribution in [0.4, 0.5) is 0 Å². The predicted molar refractivity (Wildman–Crippen MR) is 268 cm³/mol. The molecule has 0 bridgehead atoms. The summed E-state index contributed by atoms with van der Waals surface area (Å²) in [7, 11) is 0. The zero-order chi connectivity index (χ0) is 44.1. The van der Waals surface area contributed by atoms with E-state index in [9.17, 15) is 0 Å². The molecule has 0 saturated heterocycles. The van der Waals surface area contributed by atoms with E-state index in [1.165, 1.54) is 0 Å². The Morgan fingerprint density at radius 3 is 0.742 bits per heavy atom. The van der Waals surface area contributed by atoms with Gasteiger partial charge in [0.25, 0.3) is 0 Å². The molecular weight excluding hydrogens is 805 g/mol. The summed E-state index contributed by atoms with van der Waals surface area (Å²) in [5.41, 5.74) is 14.0. The summed E-state index contributed by atoms with van der Waals surface area (Å²) < 4.78 is 0. The van der Waals surface area contributed by atoms with E-state index >= 15 is 0 Å². The number of aromatic nitrogens is 6. The molecule has 2 heterocycles. The van der Waals surface area contributed by atoms with Gasteiger partial charge in [-0.1, -0.05) is 224 Å². The van der Waals surface area contributed by atoms with E-state index in [4.69, 9.17) is 29.9 Å². The number of rotatable bonds is 10. The van der Waals surface area contributed by atoms with Crippen LogP contribution in [0.2, 0.25) is 0 Å². The smallest absolute Gasteiger partial charge is 0.164 e. The first-order valence-corrected chi connectivity index (χ1v) is 21.9. The molecule has 6 heteroatoms. The average molecular weight is 845 g/mol. The number of nitrogens with zero attached hydrogens (tertiary/aromatic N) is 6. The standard InChI is InChI=1S/C60H40N6/c1-5-20-41(21-6-1)51-34-13-15-36-53(51)59-64-58(65-60(66-59)54-37-16-14-35-52(54)42-22-7-2-8-23-42)50-33-19-31-48(40-50)46-29-17-28-45(38-46)47-30-18-32-49(39-47)57-62-55(43-24-9-3-10-25-43)61-56(63-57)44-26-11-4-12-27-44/h1-40H. The molecule has 11 aromatic rings. The van der Waals surface area contributed by atoms with E-state index in [0.717, 1.165) is 77.9 Å². The van der Waals surface area contributed by atoms with Crippen molar-refractivity contribution in [2.45, 2.75) is 0 Å². The van der Waals surface area contributed by atoms with Gasteiger partial charge in [-0.3, -0.25) is 0 Å². The Labute approximate surface area is 383 Å². The molecule has 0 aliphatic rings. The van der Waals surface area contributed by atoms with Crippen molar-refractivity contribution in [3.8, 4) is 113 Å². The zero-order valence-electron chi connectivity index (χ0n) is 35.8. The molecule has 0 amide bonds. The molecule has 0 unspecified atom stereocenters. The van der Waals surface area contributed by atoms with Gasteiger partial charge < -0.3 is 0 Å². The minimum Gasteiger partial charge on any atom is -0.208 e. The molecule has 6 nitrogen and oxygen atoms in total. The van der Waals surface area contributed by atoms with E-state index < -0.39 is 0 Å². The second-order valence-electron chi connectivity index (χ2n) is 15.9. The fourth-order valence-electron chi connectivity index (χ4n) is 8.33. The van der Waals surface area contributed by atoms with Crippen LogP contribution in [-0.4, -0.2) is 29.9 Å². The van der Waals surface area contributed by atoms with Crippen molar-refractivity contribution >= 4 is 0 Å². The van der Waals surface area contributed by atoms with Crippen LogP contribution in [-0.2, 0) is 0 Å². The van der Waals surface area contributed by atoms with Crippen LogP contribution >= 0.6 is 0 Å². The van der Waals surface area contributed by atoms with E-state index in [2.05, 4.69) is 158 Å². The van der Waals surface area contributed by atoms with Gasteiger partial charge in [0.05, 0.1) is 0 Å². The molecular formula is C60H40N6. The fraction of sp³-hybridized carbons (Fsp3) is 0. The highest BCUT2D eigenvalue weighted by Gasteiger charge is 2.19. The van der Waals surface area contributed by atoms with Gasteiger partial charge >= 0.3 is 0 Å². The van der Waals surface area contributed by atoms with Crippen molar-refractivity contribution in [3.05, 3.63) is 243 Å². The lowest BCUT2D eigenvalue weighted by Crippen LogP contribution is -2.02. The van der Waals surface area contributed by atoms with Crippen LogP contribution in [0.25, 0.3) is 113 Å². The lowest BCUT2D eigenvalue weighted by Gasteiger charge is -2.14. The van der Waals surface area contributed by atoms with E-state index in [1.807, 2.05) is 84.9 Å². The van der Waals surface area contributed by atoms with Gasteiger partial charge in [-0.2, -0.15) is 0 Å². The zero-order valence-corrected chi connectivity index (χ0v) is 35.8. The lowest BCUT2D eigenvalue weighted by atomic mass is 9.96. The van der Waals surface area contributed by atoms with Crippen molar-refractivity contribution in [2.75, 3.05) is 0 Å². The van der Waals surface area contributed by atoms with Gasteiger partial charge in [0.1, 0.15) is 0 Å². The first kappa shape index (κ1) is 39.8. The predicted octanol–water partition coefficient (Wildman–Crippen LogP) is 14.7. The van der Waals surface area contributed by atoms with Gasteiger partial charge in [-0.15, -0.1) is 0 Å². The second kappa shape index (κ2) is 18.0.